The largest absolute Gasteiger partial charge is 0.357 e. The van der Waals surface area contributed by atoms with Gasteiger partial charge in [-0.3, -0.25) is 9.98 Å². The normalized spacial score (nSPS) is 17.3. The first-order valence-electron chi connectivity index (χ1n) is 7.95. The summed E-state index contributed by atoms with van der Waals surface area (Å²) >= 11 is 0. The highest BCUT2D eigenvalue weighted by molar-refractivity contribution is 14.0. The number of nitrogens with one attached hydrogen (secondary N) is 1. The Morgan fingerprint density at radius 2 is 2.18 bits per heavy atom. The van der Waals surface area contributed by atoms with Gasteiger partial charge in [0, 0.05) is 38.1 Å². The molecule has 124 valence electrons. The maximum atomic E-state index is 4.78. The third kappa shape index (κ3) is 5.74. The second kappa shape index (κ2) is 8.70. The van der Waals surface area contributed by atoms with Crippen LogP contribution in [0.15, 0.2) is 23.3 Å². The van der Waals surface area contributed by atoms with E-state index in [0.717, 1.165) is 44.3 Å². The van der Waals surface area contributed by atoms with Crippen LogP contribution in [0.2, 0.25) is 0 Å². The molecule has 1 saturated heterocycles. The van der Waals surface area contributed by atoms with E-state index in [4.69, 9.17) is 4.99 Å². The van der Waals surface area contributed by atoms with E-state index in [9.17, 15) is 0 Å². The van der Waals surface area contributed by atoms with Gasteiger partial charge in [0.05, 0.1) is 0 Å². The molecule has 1 fully saturated rings. The third-order valence-corrected chi connectivity index (χ3v) is 3.95. The molecule has 1 aliphatic rings. The molecule has 1 N–H and O–H groups in total. The van der Waals surface area contributed by atoms with Gasteiger partial charge in [0.2, 0.25) is 0 Å². The molecule has 1 aliphatic heterocycles. The summed E-state index contributed by atoms with van der Waals surface area (Å²) in [5, 5.41) is 3.42. The minimum absolute atomic E-state index is 0. The maximum Gasteiger partial charge on any atom is 0.193 e. The van der Waals surface area contributed by atoms with Gasteiger partial charge in [-0.05, 0) is 43.7 Å². The summed E-state index contributed by atoms with van der Waals surface area (Å²) in [5.74, 6) is 1.06. The monoisotopic (exact) mass is 416 g/mol. The van der Waals surface area contributed by atoms with E-state index in [1.807, 2.05) is 13.1 Å². The van der Waals surface area contributed by atoms with Crippen molar-refractivity contribution in [3.05, 3.63) is 29.6 Å². The number of nitrogens with zero attached hydrogens (tertiary/aromatic N) is 3. The van der Waals surface area contributed by atoms with E-state index in [1.165, 1.54) is 12.0 Å². The molecule has 1 aromatic heterocycles. The lowest BCUT2D eigenvalue weighted by atomic mass is 9.93. The number of guanidine groups is 1. The van der Waals surface area contributed by atoms with Crippen molar-refractivity contribution in [2.75, 3.05) is 26.2 Å². The maximum absolute atomic E-state index is 4.78. The number of halogens is 1. The zero-order chi connectivity index (χ0) is 15.3. The topological polar surface area (TPSA) is 40.5 Å². The predicted molar refractivity (Wildman–Crippen MR) is 104 cm³/mol. The summed E-state index contributed by atoms with van der Waals surface area (Å²) in [7, 11) is 0. The molecule has 0 aromatic carbocycles. The summed E-state index contributed by atoms with van der Waals surface area (Å²) in [5.41, 5.74) is 2.72. The lowest BCUT2D eigenvalue weighted by Gasteiger charge is -2.23. The first-order chi connectivity index (χ1) is 10.00. The molecule has 0 amide bonds. The van der Waals surface area contributed by atoms with Gasteiger partial charge >= 0.3 is 0 Å². The summed E-state index contributed by atoms with van der Waals surface area (Å²) in [6.45, 7) is 12.7. The zero-order valence-corrected chi connectivity index (χ0v) is 16.6. The fourth-order valence-electron chi connectivity index (χ4n) is 2.66. The molecule has 0 unspecified atom stereocenters. The van der Waals surface area contributed by atoms with Gasteiger partial charge in [-0.1, -0.05) is 19.9 Å². The van der Waals surface area contributed by atoms with E-state index in [0.29, 0.717) is 5.41 Å². The molecular formula is C17H29IN4. The number of aromatic nitrogens is 1. The van der Waals surface area contributed by atoms with E-state index in [1.54, 1.807) is 0 Å². The van der Waals surface area contributed by atoms with Gasteiger partial charge in [-0.25, -0.2) is 0 Å². The van der Waals surface area contributed by atoms with Crippen molar-refractivity contribution in [3.63, 3.8) is 0 Å². The highest BCUT2D eigenvalue weighted by Crippen LogP contribution is 2.28. The van der Waals surface area contributed by atoms with E-state index in [-0.39, 0.29) is 24.0 Å². The summed E-state index contributed by atoms with van der Waals surface area (Å²) in [4.78, 5) is 11.5. The number of pyridine rings is 1. The average molecular weight is 416 g/mol. The average Bonchev–Trinajstić information content (AvgIpc) is 2.80. The van der Waals surface area contributed by atoms with E-state index in [2.05, 4.69) is 48.1 Å². The molecule has 4 nitrogen and oxygen atoms in total. The van der Waals surface area contributed by atoms with Crippen LogP contribution in [0, 0.1) is 12.3 Å². The third-order valence-electron chi connectivity index (χ3n) is 3.95. The summed E-state index contributed by atoms with van der Waals surface area (Å²) < 4.78 is 0. The second-order valence-corrected chi connectivity index (χ2v) is 6.63. The smallest absolute Gasteiger partial charge is 0.193 e. The van der Waals surface area contributed by atoms with Crippen molar-refractivity contribution in [2.45, 2.75) is 40.5 Å². The fourth-order valence-corrected chi connectivity index (χ4v) is 2.66. The van der Waals surface area contributed by atoms with Crippen molar-refractivity contribution in [3.8, 4) is 0 Å². The van der Waals surface area contributed by atoms with Crippen LogP contribution in [-0.4, -0.2) is 42.0 Å². The molecule has 0 atom stereocenters. The van der Waals surface area contributed by atoms with Crippen LogP contribution in [0.5, 0.6) is 0 Å². The fraction of sp³-hybridized carbons (Fsp3) is 0.647. The minimum atomic E-state index is 0. The van der Waals surface area contributed by atoms with Gasteiger partial charge in [0.15, 0.2) is 5.96 Å². The van der Waals surface area contributed by atoms with Crippen LogP contribution in [0.1, 0.15) is 38.4 Å². The van der Waals surface area contributed by atoms with Crippen molar-refractivity contribution in [1.29, 1.82) is 0 Å². The van der Waals surface area contributed by atoms with Crippen molar-refractivity contribution < 1.29 is 0 Å². The predicted octanol–water partition coefficient (Wildman–Crippen LogP) is 3.25. The number of likely N-dealkylation sites (tertiary alicyclic amines) is 1. The Balaban J connectivity index is 0.00000242. The molecule has 22 heavy (non-hydrogen) atoms. The Bertz CT molecular complexity index is 482. The summed E-state index contributed by atoms with van der Waals surface area (Å²) in [6.07, 6.45) is 4.13. The van der Waals surface area contributed by atoms with Crippen molar-refractivity contribution in [2.24, 2.45) is 10.4 Å². The Morgan fingerprint density at radius 1 is 1.41 bits per heavy atom. The highest BCUT2D eigenvalue weighted by Gasteiger charge is 2.30. The number of hydrogen-bond donors (Lipinski definition) is 1. The van der Waals surface area contributed by atoms with Crippen molar-refractivity contribution >= 4 is 29.9 Å². The lowest BCUT2D eigenvalue weighted by molar-refractivity contribution is 0.370. The van der Waals surface area contributed by atoms with Gasteiger partial charge < -0.3 is 10.2 Å². The Labute approximate surface area is 151 Å². The molecule has 0 spiro atoms. The van der Waals surface area contributed by atoms with Crippen molar-refractivity contribution in [1.82, 2.24) is 15.2 Å². The zero-order valence-electron chi connectivity index (χ0n) is 14.2. The highest BCUT2D eigenvalue weighted by atomic mass is 127. The van der Waals surface area contributed by atoms with Gasteiger partial charge in [0.25, 0.3) is 0 Å². The van der Waals surface area contributed by atoms with Gasteiger partial charge in [-0.15, -0.1) is 24.0 Å². The molecular weight excluding hydrogens is 387 g/mol. The van der Waals surface area contributed by atoms with Gasteiger partial charge in [-0.2, -0.15) is 0 Å². The van der Waals surface area contributed by atoms with E-state index < -0.39 is 0 Å². The van der Waals surface area contributed by atoms with Crippen LogP contribution in [0.4, 0.5) is 0 Å². The quantitative estimate of drug-likeness (QED) is 0.466. The molecule has 0 aliphatic carbocycles. The molecule has 0 bridgehead atoms. The molecule has 1 aromatic rings. The number of rotatable bonds is 4. The molecule has 0 saturated carbocycles. The molecule has 2 heterocycles. The Hall–Kier alpha value is -0.850. The number of aryl methyl sites for hydroxylation is 1. The molecule has 2 rings (SSSR count). The Kier molecular flexibility index (Phi) is 7.59. The number of aliphatic imine (C=N–C) groups is 1. The van der Waals surface area contributed by atoms with Crippen LogP contribution >= 0.6 is 24.0 Å². The lowest BCUT2D eigenvalue weighted by Crippen LogP contribution is -2.40. The van der Waals surface area contributed by atoms with E-state index >= 15 is 0 Å². The number of hydrogen-bond acceptors (Lipinski definition) is 2. The van der Waals surface area contributed by atoms with Crippen LogP contribution in [0.25, 0.3) is 0 Å². The first-order valence-corrected chi connectivity index (χ1v) is 7.95. The SMILES string of the molecule is CCNC(=NCCc1ccc(C)nc1)N1CCC(C)(C)C1.I. The molecule has 5 heteroatoms. The first kappa shape index (κ1) is 19.2. The van der Waals surface area contributed by atoms with Crippen LogP contribution in [-0.2, 0) is 6.42 Å². The summed E-state index contributed by atoms with van der Waals surface area (Å²) in [6, 6.07) is 4.21. The second-order valence-electron chi connectivity index (χ2n) is 6.63. The molecule has 0 radical (unpaired) electrons. The van der Waals surface area contributed by atoms with Crippen LogP contribution in [0.3, 0.4) is 0 Å². The minimum Gasteiger partial charge on any atom is -0.357 e. The van der Waals surface area contributed by atoms with Crippen LogP contribution < -0.4 is 5.32 Å². The standard InChI is InChI=1S/C17H28N4.HI/c1-5-18-16(21-11-9-17(3,4)13-21)19-10-8-15-7-6-14(2)20-12-15;/h6-7,12H,5,8-11,13H2,1-4H3,(H,18,19);1H. The van der Waals surface area contributed by atoms with Gasteiger partial charge in [0.1, 0.15) is 0 Å². The Morgan fingerprint density at radius 3 is 2.73 bits per heavy atom.